The van der Waals surface area contributed by atoms with Gasteiger partial charge in [-0.3, -0.25) is 4.79 Å². The molecule has 2 aromatic carbocycles. The van der Waals surface area contributed by atoms with Gasteiger partial charge < -0.3 is 0 Å². The van der Waals surface area contributed by atoms with Gasteiger partial charge in [-0.15, -0.1) is 5.10 Å². The van der Waals surface area contributed by atoms with E-state index in [1.165, 1.54) is 10.9 Å². The number of hydrogen-bond donors (Lipinski definition) is 1. The van der Waals surface area contributed by atoms with Crippen LogP contribution in [0.25, 0.3) is 21.9 Å². The van der Waals surface area contributed by atoms with Crippen molar-refractivity contribution < 1.29 is 4.79 Å². The standard InChI is InChI=1S/C19H15ClN6O/c1-12-5-4-6-13-9-14(19(20)22-18(12)13)10-21-24-17(27)11-26-16-8-3-2-7-15(16)23-25-26/h2-10H,11H2,1H3,(H,24,27)/b21-10-. The van der Waals surface area contributed by atoms with Crippen LogP contribution in [0.5, 0.6) is 0 Å². The number of amides is 1. The van der Waals surface area contributed by atoms with Gasteiger partial charge >= 0.3 is 0 Å². The quantitative estimate of drug-likeness (QED) is 0.336. The molecule has 2 aromatic heterocycles. The topological polar surface area (TPSA) is 85.1 Å². The van der Waals surface area contributed by atoms with Crippen molar-refractivity contribution in [3.63, 3.8) is 0 Å². The lowest BCUT2D eigenvalue weighted by molar-refractivity contribution is -0.121. The maximum Gasteiger partial charge on any atom is 0.261 e. The van der Waals surface area contributed by atoms with Crippen LogP contribution in [0.3, 0.4) is 0 Å². The number of pyridine rings is 1. The highest BCUT2D eigenvalue weighted by Gasteiger charge is 2.08. The molecular weight excluding hydrogens is 364 g/mol. The summed E-state index contributed by atoms with van der Waals surface area (Å²) in [6, 6.07) is 15.2. The molecule has 0 spiro atoms. The number of rotatable bonds is 4. The van der Waals surface area contributed by atoms with Crippen LogP contribution in [-0.2, 0) is 11.3 Å². The van der Waals surface area contributed by atoms with E-state index in [0.717, 1.165) is 27.5 Å². The average Bonchev–Trinajstić information content (AvgIpc) is 3.06. The summed E-state index contributed by atoms with van der Waals surface area (Å²) in [5.74, 6) is -0.317. The SMILES string of the molecule is Cc1cccc2cc(/C=N\NC(=O)Cn3nnc4ccccc43)c(Cl)nc12. The highest BCUT2D eigenvalue weighted by Crippen LogP contribution is 2.21. The molecule has 1 N–H and O–H groups in total. The van der Waals surface area contributed by atoms with Crippen LogP contribution in [0.1, 0.15) is 11.1 Å². The number of nitrogens with zero attached hydrogens (tertiary/aromatic N) is 5. The Balaban J connectivity index is 1.48. The first-order valence-electron chi connectivity index (χ1n) is 8.28. The van der Waals surface area contributed by atoms with Gasteiger partial charge in [-0.2, -0.15) is 5.10 Å². The minimum Gasteiger partial charge on any atom is -0.271 e. The minimum absolute atomic E-state index is 0.0146. The summed E-state index contributed by atoms with van der Waals surface area (Å²) in [6.45, 7) is 1.99. The molecule has 4 aromatic rings. The number of hydrazone groups is 1. The lowest BCUT2D eigenvalue weighted by Crippen LogP contribution is -2.23. The number of carbonyl (C=O) groups is 1. The van der Waals surface area contributed by atoms with E-state index in [9.17, 15) is 4.79 Å². The van der Waals surface area contributed by atoms with E-state index in [0.29, 0.717) is 10.7 Å². The predicted molar refractivity (Wildman–Crippen MR) is 105 cm³/mol. The maximum absolute atomic E-state index is 12.1. The third-order valence-electron chi connectivity index (χ3n) is 4.13. The zero-order valence-corrected chi connectivity index (χ0v) is 15.2. The molecule has 0 unspecified atom stereocenters. The van der Waals surface area contributed by atoms with Crippen molar-refractivity contribution in [2.75, 3.05) is 0 Å². The van der Waals surface area contributed by atoms with E-state index in [1.807, 2.05) is 55.5 Å². The average molecular weight is 379 g/mol. The Labute approximate surface area is 159 Å². The van der Waals surface area contributed by atoms with Gasteiger partial charge in [0.1, 0.15) is 17.2 Å². The Morgan fingerprint density at radius 2 is 2.11 bits per heavy atom. The number of aryl methyl sites for hydroxylation is 1. The van der Waals surface area contributed by atoms with Crippen molar-refractivity contribution in [3.8, 4) is 0 Å². The third kappa shape index (κ3) is 3.50. The molecule has 134 valence electrons. The molecule has 0 bridgehead atoms. The number of hydrogen-bond acceptors (Lipinski definition) is 5. The fourth-order valence-electron chi connectivity index (χ4n) is 2.81. The number of halogens is 1. The molecular formula is C19H15ClN6O. The summed E-state index contributed by atoms with van der Waals surface area (Å²) < 4.78 is 1.52. The van der Waals surface area contributed by atoms with Crippen LogP contribution >= 0.6 is 11.6 Å². The summed E-state index contributed by atoms with van der Waals surface area (Å²) in [4.78, 5) is 16.5. The predicted octanol–water partition coefficient (Wildman–Crippen LogP) is 3.09. The Morgan fingerprint density at radius 1 is 1.26 bits per heavy atom. The summed E-state index contributed by atoms with van der Waals surface area (Å²) in [6.07, 6.45) is 1.48. The Kier molecular flexibility index (Phi) is 4.52. The van der Waals surface area contributed by atoms with Gasteiger partial charge in [-0.25, -0.2) is 15.1 Å². The van der Waals surface area contributed by atoms with E-state index in [-0.39, 0.29) is 12.5 Å². The second-order valence-electron chi connectivity index (χ2n) is 6.04. The van der Waals surface area contributed by atoms with Gasteiger partial charge in [-0.05, 0) is 30.7 Å². The number of nitrogens with one attached hydrogen (secondary N) is 1. The molecule has 0 saturated carbocycles. The van der Waals surface area contributed by atoms with Crippen LogP contribution in [0.15, 0.2) is 53.6 Å². The highest BCUT2D eigenvalue weighted by atomic mass is 35.5. The maximum atomic E-state index is 12.1. The fraction of sp³-hybridized carbons (Fsp3) is 0.105. The van der Waals surface area contributed by atoms with Gasteiger partial charge in [-0.1, -0.05) is 47.1 Å². The molecule has 4 rings (SSSR count). The molecule has 27 heavy (non-hydrogen) atoms. The van der Waals surface area contributed by atoms with Crippen molar-refractivity contribution in [3.05, 3.63) is 64.8 Å². The second kappa shape index (κ2) is 7.13. The molecule has 0 aliphatic heterocycles. The van der Waals surface area contributed by atoms with Gasteiger partial charge in [0, 0.05) is 10.9 Å². The summed E-state index contributed by atoms with van der Waals surface area (Å²) in [5, 5.41) is 13.3. The van der Waals surface area contributed by atoms with Gasteiger partial charge in [0.05, 0.1) is 17.2 Å². The van der Waals surface area contributed by atoms with Crippen molar-refractivity contribution in [1.82, 2.24) is 25.4 Å². The Bertz CT molecular complexity index is 1180. The van der Waals surface area contributed by atoms with E-state index in [4.69, 9.17) is 11.6 Å². The van der Waals surface area contributed by atoms with Gasteiger partial charge in [0.25, 0.3) is 5.91 Å². The molecule has 7 nitrogen and oxygen atoms in total. The van der Waals surface area contributed by atoms with E-state index in [2.05, 4.69) is 25.8 Å². The molecule has 0 aliphatic carbocycles. The van der Waals surface area contributed by atoms with Gasteiger partial charge in [0.2, 0.25) is 0 Å². The molecule has 0 fully saturated rings. The van der Waals surface area contributed by atoms with Gasteiger partial charge in [0.15, 0.2) is 0 Å². The summed E-state index contributed by atoms with van der Waals surface area (Å²) in [5.41, 5.74) is 6.52. The lowest BCUT2D eigenvalue weighted by Gasteiger charge is -2.04. The van der Waals surface area contributed by atoms with Crippen LogP contribution in [-0.4, -0.2) is 32.1 Å². The molecule has 8 heteroatoms. The Morgan fingerprint density at radius 3 is 3.00 bits per heavy atom. The largest absolute Gasteiger partial charge is 0.271 e. The number of benzene rings is 2. The van der Waals surface area contributed by atoms with Crippen molar-refractivity contribution in [2.45, 2.75) is 13.5 Å². The number of aromatic nitrogens is 4. The highest BCUT2D eigenvalue weighted by molar-refractivity contribution is 6.32. The van der Waals surface area contributed by atoms with Crippen LogP contribution < -0.4 is 5.43 Å². The first-order chi connectivity index (χ1) is 13.1. The Hall–Kier alpha value is -3.32. The van der Waals surface area contributed by atoms with E-state index >= 15 is 0 Å². The summed E-state index contributed by atoms with van der Waals surface area (Å²) in [7, 11) is 0. The zero-order chi connectivity index (χ0) is 18.8. The monoisotopic (exact) mass is 378 g/mol. The fourth-order valence-corrected chi connectivity index (χ4v) is 3.00. The van der Waals surface area contributed by atoms with Crippen LogP contribution in [0, 0.1) is 6.92 Å². The third-order valence-corrected chi connectivity index (χ3v) is 4.44. The molecule has 0 atom stereocenters. The number of carbonyl (C=O) groups excluding carboxylic acids is 1. The van der Waals surface area contributed by atoms with Crippen LogP contribution in [0.4, 0.5) is 0 Å². The minimum atomic E-state index is -0.317. The van der Waals surface area contributed by atoms with E-state index in [1.54, 1.807) is 0 Å². The van der Waals surface area contributed by atoms with Crippen molar-refractivity contribution in [2.24, 2.45) is 5.10 Å². The zero-order valence-electron chi connectivity index (χ0n) is 14.4. The van der Waals surface area contributed by atoms with E-state index < -0.39 is 0 Å². The molecule has 2 heterocycles. The first kappa shape index (κ1) is 17.1. The molecule has 1 amide bonds. The van der Waals surface area contributed by atoms with Crippen molar-refractivity contribution in [1.29, 1.82) is 0 Å². The second-order valence-corrected chi connectivity index (χ2v) is 6.40. The van der Waals surface area contributed by atoms with Crippen molar-refractivity contribution >= 4 is 45.7 Å². The number of fused-ring (bicyclic) bond motifs is 2. The normalized spacial score (nSPS) is 11.5. The summed E-state index contributed by atoms with van der Waals surface area (Å²) >= 11 is 6.23. The molecule has 0 aliphatic rings. The molecule has 0 saturated heterocycles. The first-order valence-corrected chi connectivity index (χ1v) is 8.65. The van der Waals surface area contributed by atoms with Crippen LogP contribution in [0.2, 0.25) is 5.15 Å². The molecule has 0 radical (unpaired) electrons. The number of para-hydroxylation sites is 2. The lowest BCUT2D eigenvalue weighted by atomic mass is 10.1. The smallest absolute Gasteiger partial charge is 0.261 e.